The molecule has 0 radical (unpaired) electrons. The number of unbranched alkanes of at least 4 members (excludes halogenated alkanes) is 3. The van der Waals surface area contributed by atoms with Crippen LogP contribution in [0.15, 0.2) is 73.3 Å². The molecule has 0 saturated heterocycles. The van der Waals surface area contributed by atoms with Crippen LogP contribution in [0, 0.1) is 0 Å². The van der Waals surface area contributed by atoms with Crippen molar-refractivity contribution >= 4 is 19.4 Å². The van der Waals surface area contributed by atoms with Crippen molar-refractivity contribution in [3.63, 3.8) is 0 Å². The third-order valence-corrected chi connectivity index (χ3v) is 6.38. The number of hydrogen-bond donors (Lipinski definition) is 1. The average Bonchev–Trinajstić information content (AvgIpc) is 2.62. The summed E-state index contributed by atoms with van der Waals surface area (Å²) in [6, 6.07) is 20.6. The van der Waals surface area contributed by atoms with Gasteiger partial charge in [-0.1, -0.05) is 0 Å². The minimum absolute atomic E-state index is 0.604. The van der Waals surface area contributed by atoms with Crippen LogP contribution in [0.3, 0.4) is 0 Å². The summed E-state index contributed by atoms with van der Waals surface area (Å²) in [5.74, 6) is 0. The standard InChI is InChI=1S/C21H26OSe/c1-2-21(22,19-13-7-5-8-14-19)17-11-3-4-12-18-23-20-15-9-6-10-16-20/h2,5-10,13-16,22H,1,3-4,11-12,17-18H2. The van der Waals surface area contributed by atoms with Gasteiger partial charge in [0.15, 0.2) is 0 Å². The third-order valence-electron chi connectivity index (χ3n) is 4.08. The Kier molecular flexibility index (Phi) is 7.61. The summed E-state index contributed by atoms with van der Waals surface area (Å²) in [6.45, 7) is 3.82. The second kappa shape index (κ2) is 9.72. The molecule has 2 rings (SSSR count). The van der Waals surface area contributed by atoms with Crippen molar-refractivity contribution in [2.45, 2.75) is 43.0 Å². The van der Waals surface area contributed by atoms with Crippen LogP contribution >= 0.6 is 0 Å². The van der Waals surface area contributed by atoms with Gasteiger partial charge in [0.25, 0.3) is 0 Å². The van der Waals surface area contributed by atoms with E-state index < -0.39 is 5.60 Å². The van der Waals surface area contributed by atoms with Gasteiger partial charge in [-0.2, -0.15) is 0 Å². The van der Waals surface area contributed by atoms with Gasteiger partial charge in [-0.3, -0.25) is 0 Å². The Bertz CT molecular complexity index is 567. The predicted octanol–water partition coefficient (Wildman–Crippen LogP) is 4.46. The zero-order valence-corrected chi connectivity index (χ0v) is 15.4. The van der Waals surface area contributed by atoms with Crippen LogP contribution in [0.25, 0.3) is 0 Å². The second-order valence-electron chi connectivity index (χ2n) is 5.82. The van der Waals surface area contributed by atoms with Gasteiger partial charge in [0.05, 0.1) is 0 Å². The maximum absolute atomic E-state index is 10.7. The molecule has 0 fully saturated rings. The van der Waals surface area contributed by atoms with Crippen molar-refractivity contribution in [3.8, 4) is 0 Å². The molecular weight excluding hydrogens is 347 g/mol. The molecule has 0 aliphatic rings. The van der Waals surface area contributed by atoms with E-state index in [4.69, 9.17) is 0 Å². The Labute approximate surface area is 146 Å². The van der Waals surface area contributed by atoms with Crippen molar-refractivity contribution < 1.29 is 5.11 Å². The zero-order chi connectivity index (χ0) is 16.4. The van der Waals surface area contributed by atoms with Gasteiger partial charge >= 0.3 is 146 Å². The summed E-state index contributed by atoms with van der Waals surface area (Å²) in [4.78, 5) is 0. The fourth-order valence-corrected chi connectivity index (χ4v) is 4.61. The summed E-state index contributed by atoms with van der Waals surface area (Å²) in [7, 11) is 0. The fourth-order valence-electron chi connectivity index (χ4n) is 2.65. The molecule has 1 unspecified atom stereocenters. The van der Waals surface area contributed by atoms with E-state index in [0.29, 0.717) is 15.0 Å². The minimum atomic E-state index is -0.880. The molecule has 122 valence electrons. The topological polar surface area (TPSA) is 20.2 Å². The van der Waals surface area contributed by atoms with Crippen molar-refractivity contribution in [1.29, 1.82) is 0 Å². The molecule has 0 spiro atoms. The monoisotopic (exact) mass is 374 g/mol. The first-order valence-electron chi connectivity index (χ1n) is 8.34. The summed E-state index contributed by atoms with van der Waals surface area (Å²) in [5.41, 5.74) is 0.0670. The van der Waals surface area contributed by atoms with E-state index >= 15 is 0 Å². The zero-order valence-electron chi connectivity index (χ0n) is 13.7. The first-order chi connectivity index (χ1) is 11.2. The van der Waals surface area contributed by atoms with Crippen molar-refractivity contribution in [2.24, 2.45) is 0 Å². The van der Waals surface area contributed by atoms with Crippen LogP contribution in [0.5, 0.6) is 0 Å². The SMILES string of the molecule is C=CC(O)(CCCCCC[Se]c1ccccc1)c1ccccc1. The molecule has 0 aliphatic carbocycles. The number of hydrogen-bond acceptors (Lipinski definition) is 1. The van der Waals surface area contributed by atoms with Crippen molar-refractivity contribution in [3.05, 3.63) is 78.9 Å². The Balaban J connectivity index is 1.63. The molecule has 2 aromatic rings. The Morgan fingerprint density at radius 1 is 0.870 bits per heavy atom. The molecule has 2 heteroatoms. The molecule has 1 nitrogen and oxygen atoms in total. The van der Waals surface area contributed by atoms with Gasteiger partial charge in [0.2, 0.25) is 0 Å². The molecule has 2 aromatic carbocycles. The molecule has 23 heavy (non-hydrogen) atoms. The molecule has 1 N–H and O–H groups in total. The normalized spacial score (nSPS) is 13.4. The summed E-state index contributed by atoms with van der Waals surface area (Å²) in [5, 5.41) is 12.0. The Morgan fingerprint density at radius 3 is 2.13 bits per heavy atom. The fraction of sp³-hybridized carbons (Fsp3) is 0.333. The van der Waals surface area contributed by atoms with Crippen LogP contribution in [-0.4, -0.2) is 20.1 Å². The van der Waals surface area contributed by atoms with Crippen LogP contribution in [0.2, 0.25) is 5.32 Å². The van der Waals surface area contributed by atoms with Crippen molar-refractivity contribution in [2.75, 3.05) is 0 Å². The molecule has 0 amide bonds. The van der Waals surface area contributed by atoms with Crippen LogP contribution in [0.1, 0.15) is 37.7 Å². The van der Waals surface area contributed by atoms with Gasteiger partial charge in [-0.15, -0.1) is 0 Å². The second-order valence-corrected chi connectivity index (χ2v) is 8.27. The van der Waals surface area contributed by atoms with E-state index in [9.17, 15) is 5.11 Å². The van der Waals surface area contributed by atoms with Gasteiger partial charge < -0.3 is 0 Å². The number of aliphatic hydroxyl groups is 1. The summed E-state index contributed by atoms with van der Waals surface area (Å²) in [6.07, 6.45) is 7.18. The van der Waals surface area contributed by atoms with Gasteiger partial charge in [-0.25, -0.2) is 0 Å². The van der Waals surface area contributed by atoms with Crippen LogP contribution in [0.4, 0.5) is 0 Å². The van der Waals surface area contributed by atoms with E-state index in [1.54, 1.807) is 6.08 Å². The molecule has 0 aliphatic heterocycles. The molecular formula is C21H26OSe. The van der Waals surface area contributed by atoms with Crippen molar-refractivity contribution in [1.82, 2.24) is 0 Å². The van der Waals surface area contributed by atoms with Gasteiger partial charge in [0.1, 0.15) is 0 Å². The Morgan fingerprint density at radius 2 is 1.48 bits per heavy atom. The number of rotatable bonds is 10. The first kappa shape index (κ1) is 18.0. The quantitative estimate of drug-likeness (QED) is 0.370. The van der Waals surface area contributed by atoms with Crippen LogP contribution in [-0.2, 0) is 5.60 Å². The molecule has 0 bridgehead atoms. The molecule has 0 saturated carbocycles. The van der Waals surface area contributed by atoms with Gasteiger partial charge in [-0.05, 0) is 0 Å². The van der Waals surface area contributed by atoms with Crippen LogP contribution < -0.4 is 4.46 Å². The predicted molar refractivity (Wildman–Crippen MR) is 100 cm³/mol. The average molecular weight is 373 g/mol. The van der Waals surface area contributed by atoms with Gasteiger partial charge in [0, 0.05) is 0 Å². The maximum atomic E-state index is 10.7. The summed E-state index contributed by atoms with van der Waals surface area (Å²) < 4.78 is 1.49. The molecule has 1 atom stereocenters. The van der Waals surface area contributed by atoms with E-state index in [1.807, 2.05) is 30.3 Å². The molecule has 0 aromatic heterocycles. The van der Waals surface area contributed by atoms with E-state index in [-0.39, 0.29) is 0 Å². The first-order valence-corrected chi connectivity index (χ1v) is 10.4. The Hall–Kier alpha value is -1.34. The molecule has 0 heterocycles. The third kappa shape index (κ3) is 5.99. The number of benzene rings is 2. The van der Waals surface area contributed by atoms with E-state index in [0.717, 1.165) is 18.4 Å². The summed E-state index contributed by atoms with van der Waals surface area (Å²) >= 11 is 0.604. The van der Waals surface area contributed by atoms with E-state index in [2.05, 4.69) is 36.9 Å². The van der Waals surface area contributed by atoms with E-state index in [1.165, 1.54) is 29.0 Å².